The van der Waals surface area contributed by atoms with Crippen LogP contribution in [0.1, 0.15) is 52.9 Å². The number of nitrogens with one attached hydrogen (secondary N) is 1. The zero-order valence-corrected chi connectivity index (χ0v) is 11.9. The molecule has 3 heteroatoms. The predicted octanol–water partition coefficient (Wildman–Crippen LogP) is 3.47. The predicted molar refractivity (Wildman–Crippen MR) is 75.5 cm³/mol. The summed E-state index contributed by atoms with van der Waals surface area (Å²) in [7, 11) is 0. The molecule has 3 nitrogen and oxygen atoms in total. The monoisotopic (exact) mass is 250 g/mol. The molecule has 1 saturated carbocycles. The summed E-state index contributed by atoms with van der Waals surface area (Å²) in [5, 5.41) is 4.50. The maximum atomic E-state index is 5.79. The molecular weight excluding hydrogens is 224 g/mol. The highest BCUT2D eigenvalue weighted by Crippen LogP contribution is 2.32. The van der Waals surface area contributed by atoms with Gasteiger partial charge in [0.1, 0.15) is 0 Å². The van der Waals surface area contributed by atoms with Gasteiger partial charge in [0.25, 0.3) is 0 Å². The lowest BCUT2D eigenvalue weighted by Gasteiger charge is -2.31. The fourth-order valence-electron chi connectivity index (χ4n) is 3.09. The van der Waals surface area contributed by atoms with E-state index in [1.807, 2.05) is 0 Å². The SMILES string of the molecule is CCOC1CCCC2C(=CNN=C2C(C)C)CC1. The fourth-order valence-corrected chi connectivity index (χ4v) is 3.09. The normalized spacial score (nSPS) is 28.7. The van der Waals surface area contributed by atoms with Crippen molar-refractivity contribution in [3.05, 3.63) is 11.8 Å². The van der Waals surface area contributed by atoms with E-state index in [0.717, 1.165) is 19.4 Å². The van der Waals surface area contributed by atoms with Gasteiger partial charge in [-0.3, -0.25) is 5.43 Å². The summed E-state index contributed by atoms with van der Waals surface area (Å²) in [5.74, 6) is 1.11. The molecule has 0 aromatic heterocycles. The topological polar surface area (TPSA) is 33.6 Å². The third-order valence-electron chi connectivity index (χ3n) is 4.02. The third kappa shape index (κ3) is 3.14. The van der Waals surface area contributed by atoms with E-state index in [0.29, 0.717) is 17.9 Å². The first-order chi connectivity index (χ1) is 8.72. The maximum absolute atomic E-state index is 5.79. The van der Waals surface area contributed by atoms with Crippen molar-refractivity contribution in [1.82, 2.24) is 5.43 Å². The Hall–Kier alpha value is -0.830. The van der Waals surface area contributed by atoms with Gasteiger partial charge >= 0.3 is 0 Å². The van der Waals surface area contributed by atoms with Gasteiger partial charge in [0, 0.05) is 24.4 Å². The zero-order valence-electron chi connectivity index (χ0n) is 11.9. The number of ether oxygens (including phenoxy) is 1. The molecule has 2 atom stereocenters. The first-order valence-electron chi connectivity index (χ1n) is 7.36. The van der Waals surface area contributed by atoms with Crippen LogP contribution < -0.4 is 5.43 Å². The molecule has 0 amide bonds. The molecule has 0 aromatic carbocycles. The molecular formula is C15H26N2O. The standard InChI is InChI=1S/C15H26N2O/c1-4-18-13-6-5-7-14-12(8-9-13)10-16-17-15(14)11(2)3/h10-11,13-14,16H,4-9H2,1-3H3. The van der Waals surface area contributed by atoms with Crippen LogP contribution in [0.25, 0.3) is 0 Å². The second-order valence-corrected chi connectivity index (χ2v) is 5.64. The van der Waals surface area contributed by atoms with E-state index in [4.69, 9.17) is 4.74 Å². The van der Waals surface area contributed by atoms with Crippen LogP contribution in [-0.4, -0.2) is 18.4 Å². The Balaban J connectivity index is 2.03. The average Bonchev–Trinajstić information content (AvgIpc) is 2.33. The van der Waals surface area contributed by atoms with Crippen molar-refractivity contribution in [2.24, 2.45) is 16.9 Å². The highest BCUT2D eigenvalue weighted by molar-refractivity contribution is 5.91. The van der Waals surface area contributed by atoms with Gasteiger partial charge in [-0.2, -0.15) is 5.10 Å². The molecule has 2 rings (SSSR count). The van der Waals surface area contributed by atoms with E-state index in [1.165, 1.54) is 30.5 Å². The molecule has 0 spiro atoms. The lowest BCUT2D eigenvalue weighted by molar-refractivity contribution is 0.0463. The minimum atomic E-state index is 0.457. The smallest absolute Gasteiger partial charge is 0.0578 e. The molecule has 0 saturated heterocycles. The highest BCUT2D eigenvalue weighted by atomic mass is 16.5. The van der Waals surface area contributed by atoms with Gasteiger partial charge in [-0.15, -0.1) is 0 Å². The molecule has 1 aliphatic heterocycles. The fraction of sp³-hybridized carbons (Fsp3) is 0.800. The second kappa shape index (κ2) is 6.37. The molecule has 1 N–H and O–H groups in total. The molecule has 2 unspecified atom stereocenters. The number of hydrogen-bond acceptors (Lipinski definition) is 3. The van der Waals surface area contributed by atoms with E-state index in [2.05, 4.69) is 37.5 Å². The second-order valence-electron chi connectivity index (χ2n) is 5.64. The average molecular weight is 250 g/mol. The van der Waals surface area contributed by atoms with Crippen LogP contribution in [0.4, 0.5) is 0 Å². The Morgan fingerprint density at radius 1 is 1.39 bits per heavy atom. The third-order valence-corrected chi connectivity index (χ3v) is 4.02. The number of hydrazone groups is 1. The Morgan fingerprint density at radius 3 is 2.94 bits per heavy atom. The molecule has 0 radical (unpaired) electrons. The van der Waals surface area contributed by atoms with Crippen LogP contribution in [-0.2, 0) is 4.74 Å². The van der Waals surface area contributed by atoms with Crippen molar-refractivity contribution >= 4 is 5.71 Å². The van der Waals surface area contributed by atoms with Crippen LogP contribution in [0.15, 0.2) is 16.9 Å². The summed E-state index contributed by atoms with van der Waals surface area (Å²) in [4.78, 5) is 0. The Labute approximate surface area is 111 Å². The molecule has 1 aliphatic carbocycles. The molecule has 18 heavy (non-hydrogen) atoms. The van der Waals surface area contributed by atoms with Crippen LogP contribution >= 0.6 is 0 Å². The van der Waals surface area contributed by atoms with E-state index in [-0.39, 0.29) is 0 Å². The molecule has 1 heterocycles. The first-order valence-corrected chi connectivity index (χ1v) is 7.36. The van der Waals surface area contributed by atoms with Crippen LogP contribution in [0.2, 0.25) is 0 Å². The van der Waals surface area contributed by atoms with Crippen molar-refractivity contribution < 1.29 is 4.74 Å². The maximum Gasteiger partial charge on any atom is 0.0578 e. The van der Waals surface area contributed by atoms with Gasteiger partial charge < -0.3 is 4.74 Å². The van der Waals surface area contributed by atoms with E-state index in [1.54, 1.807) is 0 Å². The Kier molecular flexibility index (Phi) is 4.81. The summed E-state index contributed by atoms with van der Waals surface area (Å²) in [6.45, 7) is 7.41. The molecule has 0 aromatic rings. The Morgan fingerprint density at radius 2 is 2.22 bits per heavy atom. The summed E-state index contributed by atoms with van der Waals surface area (Å²) in [6, 6.07) is 0. The van der Waals surface area contributed by atoms with E-state index in [9.17, 15) is 0 Å². The van der Waals surface area contributed by atoms with Gasteiger partial charge in [-0.25, -0.2) is 0 Å². The van der Waals surface area contributed by atoms with E-state index >= 15 is 0 Å². The Bertz CT molecular complexity index is 333. The van der Waals surface area contributed by atoms with Crippen molar-refractivity contribution in [1.29, 1.82) is 0 Å². The van der Waals surface area contributed by atoms with Gasteiger partial charge in [-0.05, 0) is 50.5 Å². The largest absolute Gasteiger partial charge is 0.378 e. The first kappa shape index (κ1) is 13.6. The van der Waals surface area contributed by atoms with E-state index < -0.39 is 0 Å². The number of hydrogen-bond donors (Lipinski definition) is 1. The lowest BCUT2D eigenvalue weighted by atomic mass is 9.79. The summed E-state index contributed by atoms with van der Waals surface area (Å²) in [6.07, 6.45) is 8.56. The van der Waals surface area contributed by atoms with Gasteiger partial charge in [0.05, 0.1) is 6.10 Å². The summed E-state index contributed by atoms with van der Waals surface area (Å²) < 4.78 is 5.79. The zero-order chi connectivity index (χ0) is 13.0. The van der Waals surface area contributed by atoms with Crippen molar-refractivity contribution in [3.63, 3.8) is 0 Å². The highest BCUT2D eigenvalue weighted by Gasteiger charge is 2.28. The minimum Gasteiger partial charge on any atom is -0.378 e. The summed E-state index contributed by atoms with van der Waals surface area (Å²) in [5.41, 5.74) is 5.96. The van der Waals surface area contributed by atoms with Gasteiger partial charge in [0.15, 0.2) is 0 Å². The molecule has 2 aliphatic rings. The number of rotatable bonds is 3. The van der Waals surface area contributed by atoms with Crippen LogP contribution in [0.5, 0.6) is 0 Å². The van der Waals surface area contributed by atoms with Gasteiger partial charge in [-0.1, -0.05) is 13.8 Å². The molecule has 1 fully saturated rings. The quantitative estimate of drug-likeness (QED) is 0.832. The number of nitrogens with zero attached hydrogens (tertiary/aromatic N) is 1. The summed E-state index contributed by atoms with van der Waals surface area (Å²) >= 11 is 0. The van der Waals surface area contributed by atoms with Crippen LogP contribution in [0, 0.1) is 11.8 Å². The minimum absolute atomic E-state index is 0.457. The lowest BCUT2D eigenvalue weighted by Crippen LogP contribution is -2.30. The molecule has 0 bridgehead atoms. The number of allylic oxidation sites excluding steroid dienone is 1. The van der Waals surface area contributed by atoms with Crippen molar-refractivity contribution in [3.8, 4) is 0 Å². The van der Waals surface area contributed by atoms with Crippen LogP contribution in [0.3, 0.4) is 0 Å². The number of fused-ring (bicyclic) bond motifs is 1. The van der Waals surface area contributed by atoms with Gasteiger partial charge in [0.2, 0.25) is 0 Å². The molecule has 102 valence electrons. The van der Waals surface area contributed by atoms with Crippen molar-refractivity contribution in [2.45, 2.75) is 59.0 Å². The van der Waals surface area contributed by atoms with Crippen molar-refractivity contribution in [2.75, 3.05) is 6.61 Å².